The Labute approximate surface area is 183 Å². The summed E-state index contributed by atoms with van der Waals surface area (Å²) in [6.45, 7) is 0.379. The minimum Gasteiger partial charge on any atom is -0.501 e. The quantitative estimate of drug-likeness (QED) is 0.666. The molecule has 2 unspecified atom stereocenters. The summed E-state index contributed by atoms with van der Waals surface area (Å²) in [5, 5.41) is 10.5. The van der Waals surface area contributed by atoms with Crippen LogP contribution in [0, 0.1) is 0 Å². The second kappa shape index (κ2) is 7.46. The number of ether oxygens (including phenoxy) is 1. The van der Waals surface area contributed by atoms with Crippen molar-refractivity contribution in [1.82, 2.24) is 14.5 Å². The number of carbonyl (C=O) groups excluding carboxylic acids is 1. The normalized spacial score (nSPS) is 19.8. The Kier molecular flexibility index (Phi) is 4.74. The zero-order valence-corrected chi connectivity index (χ0v) is 17.9. The van der Waals surface area contributed by atoms with Gasteiger partial charge in [-0.05, 0) is 22.8 Å². The summed E-state index contributed by atoms with van der Waals surface area (Å²) in [6, 6.07) is 16.2. The molecule has 8 heteroatoms. The van der Waals surface area contributed by atoms with Crippen molar-refractivity contribution >= 4 is 17.7 Å². The maximum atomic E-state index is 13.0. The fourth-order valence-corrected chi connectivity index (χ4v) is 5.73. The SMILES string of the molecule is COc1nc(=O)c(O)c2n1C(C1c3ccccc3CSc3ccccc31)CN(C)C2=O. The average Bonchev–Trinajstić information content (AvgIpc) is 2.95. The zero-order valence-electron chi connectivity index (χ0n) is 17.1. The van der Waals surface area contributed by atoms with Gasteiger partial charge in [0, 0.05) is 30.2 Å². The minimum atomic E-state index is -0.872. The van der Waals surface area contributed by atoms with E-state index >= 15 is 0 Å². The number of carbonyl (C=O) groups is 1. The Morgan fingerprint density at radius 2 is 1.81 bits per heavy atom. The van der Waals surface area contributed by atoms with E-state index in [0.717, 1.165) is 16.9 Å². The van der Waals surface area contributed by atoms with Crippen LogP contribution in [0.1, 0.15) is 39.1 Å². The zero-order chi connectivity index (χ0) is 21.7. The summed E-state index contributed by atoms with van der Waals surface area (Å²) in [4.78, 5) is 31.8. The monoisotopic (exact) mass is 435 g/mol. The Morgan fingerprint density at radius 3 is 2.58 bits per heavy atom. The lowest BCUT2D eigenvalue weighted by atomic mass is 9.81. The van der Waals surface area contributed by atoms with Gasteiger partial charge in [-0.1, -0.05) is 42.5 Å². The molecule has 158 valence electrons. The van der Waals surface area contributed by atoms with Gasteiger partial charge in [-0.25, -0.2) is 0 Å². The average molecular weight is 436 g/mol. The third kappa shape index (κ3) is 3.01. The number of hydrogen-bond acceptors (Lipinski definition) is 6. The van der Waals surface area contributed by atoms with Crippen LogP contribution in [0.3, 0.4) is 0 Å². The minimum absolute atomic E-state index is 0.0242. The largest absolute Gasteiger partial charge is 0.501 e. The molecular weight excluding hydrogens is 414 g/mol. The molecule has 1 aromatic heterocycles. The van der Waals surface area contributed by atoms with Crippen LogP contribution in [-0.4, -0.2) is 46.2 Å². The van der Waals surface area contributed by atoms with Crippen LogP contribution in [0.5, 0.6) is 11.8 Å². The number of benzene rings is 2. The van der Waals surface area contributed by atoms with E-state index < -0.39 is 17.2 Å². The first-order valence-electron chi connectivity index (χ1n) is 9.95. The third-order valence-corrected chi connectivity index (χ3v) is 7.15. The topological polar surface area (TPSA) is 84.7 Å². The van der Waals surface area contributed by atoms with E-state index in [1.54, 1.807) is 28.3 Å². The molecule has 3 aromatic rings. The summed E-state index contributed by atoms with van der Waals surface area (Å²) >= 11 is 1.78. The third-order valence-electron chi connectivity index (χ3n) is 6.01. The first-order valence-corrected chi connectivity index (χ1v) is 10.9. The Hall–Kier alpha value is -3.26. The lowest BCUT2D eigenvalue weighted by Gasteiger charge is -2.39. The number of rotatable bonds is 2. The van der Waals surface area contributed by atoms with Crippen molar-refractivity contribution in [2.45, 2.75) is 22.6 Å². The standard InChI is InChI=1S/C23H21N3O4S/c1-25-11-16(26-19(22(25)29)20(27)21(28)24-23(26)30-2)18-14-8-4-3-7-13(14)12-31-17-10-6-5-9-15(17)18/h3-10,16,18,27H,11-12H2,1-2H3. The lowest BCUT2D eigenvalue weighted by Crippen LogP contribution is -2.45. The highest BCUT2D eigenvalue weighted by Gasteiger charge is 2.41. The molecular formula is C23H21N3O4S. The van der Waals surface area contributed by atoms with Crippen molar-refractivity contribution in [1.29, 1.82) is 0 Å². The summed E-state index contributed by atoms with van der Waals surface area (Å²) in [7, 11) is 3.09. The second-order valence-electron chi connectivity index (χ2n) is 7.73. The Bertz CT molecular complexity index is 1210. The van der Waals surface area contributed by atoms with E-state index in [0.29, 0.717) is 6.54 Å². The van der Waals surface area contributed by atoms with Crippen LogP contribution in [0.25, 0.3) is 0 Å². The summed E-state index contributed by atoms with van der Waals surface area (Å²) in [5.41, 5.74) is 2.55. The molecule has 0 spiro atoms. The number of fused-ring (bicyclic) bond motifs is 3. The van der Waals surface area contributed by atoms with Gasteiger partial charge in [-0.3, -0.25) is 14.2 Å². The highest BCUT2D eigenvalue weighted by Crippen LogP contribution is 2.48. The molecule has 3 heterocycles. The highest BCUT2D eigenvalue weighted by atomic mass is 32.2. The van der Waals surface area contributed by atoms with Crippen molar-refractivity contribution in [2.75, 3.05) is 20.7 Å². The first-order chi connectivity index (χ1) is 15.0. The number of nitrogens with zero attached hydrogens (tertiary/aromatic N) is 3. The molecule has 2 aliphatic heterocycles. The van der Waals surface area contributed by atoms with Gasteiger partial charge in [0.25, 0.3) is 5.91 Å². The number of amides is 1. The first kappa shape index (κ1) is 19.7. The van der Waals surface area contributed by atoms with Gasteiger partial charge in [0.1, 0.15) is 0 Å². The van der Waals surface area contributed by atoms with Gasteiger partial charge in [0.2, 0.25) is 5.75 Å². The van der Waals surface area contributed by atoms with Crippen LogP contribution in [0.4, 0.5) is 0 Å². The molecule has 0 saturated heterocycles. The van der Waals surface area contributed by atoms with Gasteiger partial charge in [0.05, 0.1) is 13.2 Å². The van der Waals surface area contributed by atoms with E-state index in [9.17, 15) is 14.7 Å². The number of aromatic hydroxyl groups is 1. The number of thioether (sulfide) groups is 1. The number of aromatic nitrogens is 2. The van der Waals surface area contributed by atoms with Crippen molar-refractivity contribution < 1.29 is 14.6 Å². The van der Waals surface area contributed by atoms with Gasteiger partial charge >= 0.3 is 11.6 Å². The van der Waals surface area contributed by atoms with E-state index in [-0.39, 0.29) is 23.7 Å². The van der Waals surface area contributed by atoms with Crippen molar-refractivity contribution in [3.8, 4) is 11.8 Å². The van der Waals surface area contributed by atoms with Crippen molar-refractivity contribution in [2.24, 2.45) is 0 Å². The second-order valence-corrected chi connectivity index (χ2v) is 8.74. The molecule has 0 fully saturated rings. The predicted molar refractivity (Wildman–Crippen MR) is 117 cm³/mol. The number of methoxy groups -OCH3 is 1. The fraction of sp³-hybridized carbons (Fsp3) is 0.261. The summed E-state index contributed by atoms with van der Waals surface area (Å²) < 4.78 is 7.03. The van der Waals surface area contributed by atoms with Crippen molar-refractivity contribution in [3.63, 3.8) is 0 Å². The molecule has 0 aliphatic carbocycles. The number of likely N-dealkylation sites (N-methyl/N-ethyl adjacent to an activating group) is 1. The van der Waals surface area contributed by atoms with Crippen LogP contribution in [-0.2, 0) is 5.75 Å². The molecule has 7 nitrogen and oxygen atoms in total. The predicted octanol–water partition coefficient (Wildman–Crippen LogP) is 3.02. The smallest absolute Gasteiger partial charge is 0.318 e. The molecule has 2 aliphatic rings. The molecule has 2 atom stereocenters. The van der Waals surface area contributed by atoms with E-state index in [1.807, 2.05) is 24.3 Å². The molecule has 0 saturated carbocycles. The van der Waals surface area contributed by atoms with Gasteiger partial charge in [-0.15, -0.1) is 11.8 Å². The molecule has 5 rings (SSSR count). The maximum Gasteiger partial charge on any atom is 0.318 e. The molecule has 1 N–H and O–H groups in total. The summed E-state index contributed by atoms with van der Waals surface area (Å²) in [5.74, 6) is -0.375. The lowest BCUT2D eigenvalue weighted by molar-refractivity contribution is 0.0687. The Balaban J connectivity index is 1.83. The fourth-order valence-electron chi connectivity index (χ4n) is 4.62. The Morgan fingerprint density at radius 1 is 1.10 bits per heavy atom. The summed E-state index contributed by atoms with van der Waals surface area (Å²) in [6.07, 6.45) is 0. The van der Waals surface area contributed by atoms with Gasteiger partial charge < -0.3 is 14.7 Å². The maximum absolute atomic E-state index is 13.0. The molecule has 0 bridgehead atoms. The highest BCUT2D eigenvalue weighted by molar-refractivity contribution is 7.98. The van der Waals surface area contributed by atoms with E-state index in [4.69, 9.17) is 4.74 Å². The van der Waals surface area contributed by atoms with E-state index in [1.165, 1.54) is 17.6 Å². The van der Waals surface area contributed by atoms with Crippen molar-refractivity contribution in [3.05, 3.63) is 81.3 Å². The van der Waals surface area contributed by atoms with Crippen LogP contribution in [0.15, 0.2) is 58.2 Å². The van der Waals surface area contributed by atoms with Gasteiger partial charge in [-0.2, -0.15) is 4.98 Å². The molecule has 2 aromatic carbocycles. The number of hydrogen-bond donors (Lipinski definition) is 1. The van der Waals surface area contributed by atoms with Crippen LogP contribution < -0.4 is 10.3 Å². The molecule has 0 radical (unpaired) electrons. The van der Waals surface area contributed by atoms with E-state index in [2.05, 4.69) is 29.2 Å². The van der Waals surface area contributed by atoms with Crippen LogP contribution in [0.2, 0.25) is 0 Å². The molecule has 31 heavy (non-hydrogen) atoms. The molecule has 1 amide bonds. The van der Waals surface area contributed by atoms with Crippen LogP contribution >= 0.6 is 11.8 Å². The van der Waals surface area contributed by atoms with Gasteiger partial charge in [0.15, 0.2) is 5.69 Å².